The molecule has 0 radical (unpaired) electrons. The Kier molecular flexibility index (Phi) is 4.96. The van der Waals surface area contributed by atoms with E-state index in [2.05, 4.69) is 41.2 Å². The molecule has 0 atom stereocenters. The molecule has 0 saturated heterocycles. The third-order valence-corrected chi connectivity index (χ3v) is 6.33. The molecule has 0 aliphatic carbocycles. The molecule has 0 unspecified atom stereocenters. The van der Waals surface area contributed by atoms with Crippen molar-refractivity contribution in [2.75, 3.05) is 0 Å². The fraction of sp³-hybridized carbons (Fsp3) is 0.115. The second-order valence-corrected chi connectivity index (χ2v) is 8.79. The normalized spacial score (nSPS) is 11.1. The molecule has 0 bridgehead atoms. The van der Waals surface area contributed by atoms with Crippen molar-refractivity contribution in [3.63, 3.8) is 0 Å². The molecule has 5 rings (SSSR count). The zero-order valence-electron chi connectivity index (χ0n) is 17.6. The molecule has 0 N–H and O–H groups in total. The highest BCUT2D eigenvalue weighted by molar-refractivity contribution is 7.15. The number of benzene rings is 1. The van der Waals surface area contributed by atoms with Crippen molar-refractivity contribution in [3.05, 3.63) is 89.2 Å². The van der Waals surface area contributed by atoms with Gasteiger partial charge in [-0.1, -0.05) is 12.1 Å². The predicted molar refractivity (Wildman–Crippen MR) is 127 cm³/mol. The number of aryl methyl sites for hydroxylation is 3. The quantitative estimate of drug-likeness (QED) is 0.308. The van der Waals surface area contributed by atoms with E-state index in [9.17, 15) is 0 Å². The van der Waals surface area contributed by atoms with Crippen LogP contribution in [0.25, 0.3) is 32.7 Å². The number of aromatic nitrogens is 3. The highest BCUT2D eigenvalue weighted by Crippen LogP contribution is 2.37. The Bertz CT molecular complexity index is 1390. The van der Waals surface area contributed by atoms with Crippen LogP contribution in [0.1, 0.15) is 16.1 Å². The molecule has 5 heteroatoms. The molecule has 5 aromatic rings. The average molecular weight is 424 g/mol. The molecule has 0 spiro atoms. The van der Waals surface area contributed by atoms with Gasteiger partial charge < -0.3 is 4.74 Å². The van der Waals surface area contributed by atoms with Crippen LogP contribution in [0.4, 0.5) is 0 Å². The van der Waals surface area contributed by atoms with Crippen LogP contribution in [0.15, 0.2) is 73.1 Å². The summed E-state index contributed by atoms with van der Waals surface area (Å²) in [5.41, 5.74) is 5.61. The van der Waals surface area contributed by atoms with Gasteiger partial charge in [-0.3, -0.25) is 9.97 Å². The van der Waals surface area contributed by atoms with E-state index in [1.807, 2.05) is 50.2 Å². The van der Waals surface area contributed by atoms with Crippen molar-refractivity contribution in [2.45, 2.75) is 20.8 Å². The largest absolute Gasteiger partial charge is 0.454 e. The number of rotatable bonds is 4. The van der Waals surface area contributed by atoms with E-state index in [0.29, 0.717) is 5.75 Å². The molecular formula is C26H21N3OS. The SMILES string of the molecule is Cc1ccc(-c2ccc3nccc(Oc4cc(C)c(C)nc4-c4ccccn4)c3c2)s1. The van der Waals surface area contributed by atoms with Crippen molar-refractivity contribution in [1.29, 1.82) is 0 Å². The van der Waals surface area contributed by atoms with Crippen molar-refractivity contribution in [1.82, 2.24) is 15.0 Å². The summed E-state index contributed by atoms with van der Waals surface area (Å²) in [5, 5.41) is 0.969. The minimum Gasteiger partial charge on any atom is -0.454 e. The molecule has 31 heavy (non-hydrogen) atoms. The van der Waals surface area contributed by atoms with Crippen LogP contribution >= 0.6 is 11.3 Å². The molecular weight excluding hydrogens is 402 g/mol. The fourth-order valence-electron chi connectivity index (χ4n) is 3.52. The average Bonchev–Trinajstić information content (AvgIpc) is 3.23. The van der Waals surface area contributed by atoms with Crippen LogP contribution < -0.4 is 4.74 Å². The standard InChI is InChI=1S/C26H21N3OS/c1-16-14-24(26(29-18(16)3)22-6-4-5-12-27-22)30-23-11-13-28-21-9-8-19(15-20(21)23)25-10-7-17(2)31-25/h4-15H,1-3H3. The maximum atomic E-state index is 6.47. The number of hydrogen-bond donors (Lipinski definition) is 0. The summed E-state index contributed by atoms with van der Waals surface area (Å²) in [6.07, 6.45) is 3.55. The summed E-state index contributed by atoms with van der Waals surface area (Å²) in [6.45, 7) is 6.17. The topological polar surface area (TPSA) is 47.9 Å². The van der Waals surface area contributed by atoms with Crippen molar-refractivity contribution in [3.8, 4) is 33.3 Å². The van der Waals surface area contributed by atoms with Crippen molar-refractivity contribution in [2.24, 2.45) is 0 Å². The lowest BCUT2D eigenvalue weighted by Crippen LogP contribution is -1.98. The zero-order valence-corrected chi connectivity index (χ0v) is 18.4. The van der Waals surface area contributed by atoms with Crippen molar-refractivity contribution < 1.29 is 4.74 Å². The van der Waals surface area contributed by atoms with Gasteiger partial charge in [0, 0.05) is 33.2 Å². The minimum atomic E-state index is 0.687. The van der Waals surface area contributed by atoms with Crippen LogP contribution in [-0.4, -0.2) is 15.0 Å². The number of thiophene rings is 1. The highest BCUT2D eigenvalue weighted by Gasteiger charge is 2.15. The van der Waals surface area contributed by atoms with Crippen LogP contribution in [0.5, 0.6) is 11.5 Å². The zero-order chi connectivity index (χ0) is 21.4. The van der Waals surface area contributed by atoms with E-state index in [1.165, 1.54) is 9.75 Å². The summed E-state index contributed by atoms with van der Waals surface area (Å²) in [6, 6.07) is 20.4. The fourth-order valence-corrected chi connectivity index (χ4v) is 4.38. The smallest absolute Gasteiger partial charge is 0.155 e. The van der Waals surface area contributed by atoms with Gasteiger partial charge >= 0.3 is 0 Å². The van der Waals surface area contributed by atoms with Gasteiger partial charge in [0.1, 0.15) is 11.4 Å². The number of pyridine rings is 3. The maximum Gasteiger partial charge on any atom is 0.155 e. The Hall–Kier alpha value is -3.57. The third-order valence-electron chi connectivity index (χ3n) is 5.29. The third kappa shape index (κ3) is 3.80. The molecule has 0 fully saturated rings. The van der Waals surface area contributed by atoms with Gasteiger partial charge in [0.2, 0.25) is 0 Å². The summed E-state index contributed by atoms with van der Waals surface area (Å²) in [5.74, 6) is 1.44. The number of fused-ring (bicyclic) bond motifs is 1. The van der Waals surface area contributed by atoms with Crippen LogP contribution in [-0.2, 0) is 0 Å². The van der Waals surface area contributed by atoms with Crippen LogP contribution in [0.3, 0.4) is 0 Å². The first-order chi connectivity index (χ1) is 15.1. The number of nitrogens with zero attached hydrogens (tertiary/aromatic N) is 3. The van der Waals surface area contributed by atoms with Gasteiger partial charge in [0.15, 0.2) is 5.75 Å². The van der Waals surface area contributed by atoms with Crippen LogP contribution in [0, 0.1) is 20.8 Å². The molecule has 0 aliphatic rings. The molecule has 0 saturated carbocycles. The van der Waals surface area contributed by atoms with Crippen molar-refractivity contribution >= 4 is 22.2 Å². The first kappa shape index (κ1) is 19.4. The molecule has 152 valence electrons. The maximum absolute atomic E-state index is 6.47. The van der Waals surface area contributed by atoms with E-state index in [-0.39, 0.29) is 0 Å². The molecule has 0 aliphatic heterocycles. The first-order valence-corrected chi connectivity index (χ1v) is 10.9. The Morgan fingerprint density at radius 1 is 0.806 bits per heavy atom. The molecule has 4 nitrogen and oxygen atoms in total. The Labute approximate surface area is 185 Å². The van der Waals surface area contributed by atoms with E-state index < -0.39 is 0 Å². The Balaban J connectivity index is 1.63. The summed E-state index contributed by atoms with van der Waals surface area (Å²) >= 11 is 1.78. The summed E-state index contributed by atoms with van der Waals surface area (Å²) in [7, 11) is 0. The van der Waals surface area contributed by atoms with Gasteiger partial charge in [-0.05, 0) is 80.4 Å². The number of ether oxygens (including phenoxy) is 1. The number of hydrogen-bond acceptors (Lipinski definition) is 5. The lowest BCUT2D eigenvalue weighted by molar-refractivity contribution is 0.486. The first-order valence-electron chi connectivity index (χ1n) is 10.1. The summed E-state index contributed by atoms with van der Waals surface area (Å²) < 4.78 is 6.47. The molecule has 0 amide bonds. The lowest BCUT2D eigenvalue weighted by atomic mass is 10.1. The van der Waals surface area contributed by atoms with Gasteiger partial charge in [-0.2, -0.15) is 0 Å². The van der Waals surface area contributed by atoms with E-state index in [0.717, 1.165) is 44.9 Å². The van der Waals surface area contributed by atoms with Gasteiger partial charge in [-0.15, -0.1) is 11.3 Å². The Morgan fingerprint density at radius 3 is 2.48 bits per heavy atom. The predicted octanol–water partition coefficient (Wildman–Crippen LogP) is 7.14. The second kappa shape index (κ2) is 7.93. The second-order valence-electron chi connectivity index (χ2n) is 7.51. The lowest BCUT2D eigenvalue weighted by Gasteiger charge is -2.14. The summed E-state index contributed by atoms with van der Waals surface area (Å²) in [4.78, 5) is 16.3. The van der Waals surface area contributed by atoms with E-state index in [4.69, 9.17) is 9.72 Å². The van der Waals surface area contributed by atoms with Gasteiger partial charge in [-0.25, -0.2) is 4.98 Å². The van der Waals surface area contributed by atoms with Crippen LogP contribution in [0.2, 0.25) is 0 Å². The monoisotopic (exact) mass is 423 g/mol. The highest BCUT2D eigenvalue weighted by atomic mass is 32.1. The molecule has 4 aromatic heterocycles. The molecule has 1 aromatic carbocycles. The minimum absolute atomic E-state index is 0.687. The van der Waals surface area contributed by atoms with Gasteiger partial charge in [0.25, 0.3) is 0 Å². The van der Waals surface area contributed by atoms with E-state index in [1.54, 1.807) is 23.7 Å². The van der Waals surface area contributed by atoms with Gasteiger partial charge in [0.05, 0.1) is 11.2 Å². The Morgan fingerprint density at radius 2 is 1.71 bits per heavy atom. The van der Waals surface area contributed by atoms with E-state index >= 15 is 0 Å². The molecule has 4 heterocycles.